The highest BCUT2D eigenvalue weighted by Gasteiger charge is 2.37. The summed E-state index contributed by atoms with van der Waals surface area (Å²) in [6.07, 6.45) is 1.75. The maximum atomic E-state index is 12.4. The second-order valence-electron chi connectivity index (χ2n) is 4.36. The van der Waals surface area contributed by atoms with E-state index in [0.29, 0.717) is 12.0 Å². The van der Waals surface area contributed by atoms with Crippen molar-refractivity contribution in [1.82, 2.24) is 0 Å². The van der Waals surface area contributed by atoms with Crippen molar-refractivity contribution in [3.8, 4) is 0 Å². The molecular formula is C14H16N2O3S. The summed E-state index contributed by atoms with van der Waals surface area (Å²) < 4.78 is 24.8. The smallest absolute Gasteiger partial charge is 0.360 e. The zero-order valence-electron chi connectivity index (χ0n) is 11.5. The van der Waals surface area contributed by atoms with Crippen molar-refractivity contribution in [2.75, 3.05) is 0 Å². The predicted octanol–water partition coefficient (Wildman–Crippen LogP) is 2.24. The van der Waals surface area contributed by atoms with E-state index in [1.54, 1.807) is 26.0 Å². The van der Waals surface area contributed by atoms with Gasteiger partial charge in [-0.2, -0.15) is 0 Å². The minimum Gasteiger partial charge on any atom is -0.360 e. The van der Waals surface area contributed by atoms with Crippen LogP contribution in [0.2, 0.25) is 0 Å². The van der Waals surface area contributed by atoms with Gasteiger partial charge in [0, 0.05) is 6.42 Å². The Bertz CT molecular complexity index is 699. The highest BCUT2D eigenvalue weighted by molar-refractivity contribution is 8.08. The molecule has 1 rings (SSSR count). The average molecular weight is 292 g/mol. The molecule has 0 heterocycles. The van der Waals surface area contributed by atoms with Crippen LogP contribution in [-0.2, 0) is 14.6 Å². The number of carbonyl (C=O) groups excluding carboxylic acids is 1. The monoisotopic (exact) mass is 292 g/mol. The Kier molecular flexibility index (Phi) is 5.13. The third-order valence-electron chi connectivity index (χ3n) is 3.00. The number of hydrogen-bond acceptors (Lipinski definition) is 3. The van der Waals surface area contributed by atoms with Gasteiger partial charge >= 0.3 is 5.04 Å². The number of allylic oxidation sites excluding steroid dienone is 1. The second kappa shape index (κ2) is 6.41. The van der Waals surface area contributed by atoms with Gasteiger partial charge in [0.25, 0.3) is 15.6 Å². The second-order valence-corrected chi connectivity index (χ2v) is 6.19. The molecule has 0 saturated heterocycles. The number of rotatable bonds is 5. The SMILES string of the molecule is C=CCCC(=O)C(=[N+]=[N-])S(=O)(=O)c1cccc(C)c1C. The van der Waals surface area contributed by atoms with Gasteiger partial charge < -0.3 is 5.53 Å². The van der Waals surface area contributed by atoms with Gasteiger partial charge in [-0.3, -0.25) is 4.79 Å². The molecule has 5 nitrogen and oxygen atoms in total. The van der Waals surface area contributed by atoms with Crippen LogP contribution in [0.25, 0.3) is 5.53 Å². The molecule has 0 saturated carbocycles. The summed E-state index contributed by atoms with van der Waals surface area (Å²) in [5, 5.41) is -0.826. The Hall–Kier alpha value is -2.04. The molecule has 0 aliphatic rings. The van der Waals surface area contributed by atoms with E-state index in [4.69, 9.17) is 5.53 Å². The third-order valence-corrected chi connectivity index (χ3v) is 4.84. The van der Waals surface area contributed by atoms with E-state index in [9.17, 15) is 13.2 Å². The van der Waals surface area contributed by atoms with Gasteiger partial charge in [-0.25, -0.2) is 8.42 Å². The number of benzene rings is 1. The molecule has 0 fully saturated rings. The van der Waals surface area contributed by atoms with E-state index in [2.05, 4.69) is 11.4 Å². The minimum absolute atomic E-state index is 0.0164. The van der Waals surface area contributed by atoms with E-state index in [0.717, 1.165) is 5.56 Å². The van der Waals surface area contributed by atoms with E-state index < -0.39 is 20.7 Å². The maximum Gasteiger partial charge on any atom is 0.451 e. The van der Waals surface area contributed by atoms with Crippen molar-refractivity contribution >= 4 is 20.7 Å². The Morgan fingerprint density at radius 2 is 2.05 bits per heavy atom. The molecule has 20 heavy (non-hydrogen) atoms. The molecule has 0 amide bonds. The molecule has 0 atom stereocenters. The van der Waals surface area contributed by atoms with E-state index in [-0.39, 0.29) is 11.3 Å². The lowest BCUT2D eigenvalue weighted by molar-refractivity contribution is -0.116. The van der Waals surface area contributed by atoms with Crippen molar-refractivity contribution in [2.45, 2.75) is 31.6 Å². The molecule has 0 aliphatic heterocycles. The van der Waals surface area contributed by atoms with Crippen LogP contribution in [0.4, 0.5) is 0 Å². The summed E-state index contributed by atoms with van der Waals surface area (Å²) in [5.41, 5.74) is 10.2. The Morgan fingerprint density at radius 3 is 2.60 bits per heavy atom. The average Bonchev–Trinajstić information content (AvgIpc) is 2.39. The van der Waals surface area contributed by atoms with Gasteiger partial charge in [0.15, 0.2) is 0 Å². The van der Waals surface area contributed by atoms with Crippen LogP contribution in [0.3, 0.4) is 0 Å². The molecule has 0 radical (unpaired) electrons. The van der Waals surface area contributed by atoms with Gasteiger partial charge in [0.05, 0.1) is 4.90 Å². The molecule has 6 heteroatoms. The van der Waals surface area contributed by atoms with Crippen LogP contribution in [0.1, 0.15) is 24.0 Å². The van der Waals surface area contributed by atoms with Crippen molar-refractivity contribution in [3.63, 3.8) is 0 Å². The zero-order valence-corrected chi connectivity index (χ0v) is 12.3. The topological polar surface area (TPSA) is 87.6 Å². The van der Waals surface area contributed by atoms with Crippen molar-refractivity contribution < 1.29 is 18.0 Å². The summed E-state index contributed by atoms with van der Waals surface area (Å²) >= 11 is 0. The van der Waals surface area contributed by atoms with Crippen LogP contribution in [0, 0.1) is 13.8 Å². The minimum atomic E-state index is -4.12. The first-order valence-electron chi connectivity index (χ1n) is 6.03. The number of nitrogens with zero attached hydrogens (tertiary/aromatic N) is 2. The summed E-state index contributed by atoms with van der Waals surface area (Å²) in [7, 11) is -4.12. The lowest BCUT2D eigenvalue weighted by atomic mass is 10.1. The standard InChI is InChI=1S/C14H16N2O3S/c1-4-5-8-12(17)14(16-15)20(18,19)13-9-6-7-10(2)11(13)3/h4,6-7,9H,1,5,8H2,2-3H3. The molecule has 0 N–H and O–H groups in total. The van der Waals surface area contributed by atoms with Crippen LogP contribution >= 0.6 is 0 Å². The van der Waals surface area contributed by atoms with Crippen LogP contribution < -0.4 is 0 Å². The highest BCUT2D eigenvalue weighted by atomic mass is 32.2. The van der Waals surface area contributed by atoms with Crippen molar-refractivity contribution in [1.29, 1.82) is 0 Å². The number of aryl methyl sites for hydroxylation is 1. The largest absolute Gasteiger partial charge is 0.451 e. The third kappa shape index (κ3) is 3.10. The first-order chi connectivity index (χ1) is 9.36. The van der Waals surface area contributed by atoms with Gasteiger partial charge in [0.2, 0.25) is 0 Å². The Labute approximate surface area is 118 Å². The molecule has 1 aromatic carbocycles. The van der Waals surface area contributed by atoms with E-state index >= 15 is 0 Å². The highest BCUT2D eigenvalue weighted by Crippen LogP contribution is 2.20. The zero-order chi connectivity index (χ0) is 15.3. The molecule has 0 unspecified atom stereocenters. The maximum absolute atomic E-state index is 12.4. The fourth-order valence-corrected chi connectivity index (χ4v) is 3.26. The molecule has 0 aromatic heterocycles. The van der Waals surface area contributed by atoms with Crippen LogP contribution in [-0.4, -0.2) is 24.0 Å². The lowest BCUT2D eigenvalue weighted by Crippen LogP contribution is -2.26. The van der Waals surface area contributed by atoms with Gasteiger partial charge in [-0.05, 0) is 37.5 Å². The predicted molar refractivity (Wildman–Crippen MR) is 76.2 cm³/mol. The first kappa shape index (κ1) is 16.0. The fourth-order valence-electron chi connectivity index (χ4n) is 1.72. The summed E-state index contributed by atoms with van der Waals surface area (Å²) in [4.78, 5) is 14.5. The number of ketones is 1. The van der Waals surface area contributed by atoms with Gasteiger partial charge in [-0.15, -0.1) is 11.4 Å². The van der Waals surface area contributed by atoms with Crippen LogP contribution in [0.15, 0.2) is 35.7 Å². The number of carbonyl (C=O) groups is 1. The Morgan fingerprint density at radius 1 is 1.40 bits per heavy atom. The van der Waals surface area contributed by atoms with E-state index in [1.807, 2.05) is 0 Å². The molecule has 0 bridgehead atoms. The normalized spacial score (nSPS) is 10.7. The summed E-state index contributed by atoms with van der Waals surface area (Å²) in [5.74, 6) is -0.728. The number of Topliss-reactive ketones (excluding diaryl/α,β-unsaturated/α-hetero) is 1. The summed E-state index contributed by atoms with van der Waals surface area (Å²) in [6.45, 7) is 6.87. The van der Waals surface area contributed by atoms with Gasteiger partial charge in [-0.1, -0.05) is 18.2 Å². The quantitative estimate of drug-likeness (QED) is 0.274. The molecular weight excluding hydrogens is 276 g/mol. The van der Waals surface area contributed by atoms with Gasteiger partial charge in [0.1, 0.15) is 0 Å². The number of sulfone groups is 1. The molecule has 0 aliphatic carbocycles. The first-order valence-corrected chi connectivity index (χ1v) is 7.52. The Balaban J connectivity index is 3.34. The van der Waals surface area contributed by atoms with Crippen molar-refractivity contribution in [3.05, 3.63) is 47.5 Å². The molecule has 0 spiro atoms. The fraction of sp³-hybridized carbons (Fsp3) is 0.286. The molecule has 106 valence electrons. The van der Waals surface area contributed by atoms with E-state index in [1.165, 1.54) is 12.1 Å². The van der Waals surface area contributed by atoms with Crippen molar-refractivity contribution in [2.24, 2.45) is 0 Å². The van der Waals surface area contributed by atoms with Crippen LogP contribution in [0.5, 0.6) is 0 Å². The molecule has 1 aromatic rings. The number of hydrogen-bond donors (Lipinski definition) is 0. The lowest BCUT2D eigenvalue weighted by Gasteiger charge is -2.06. The summed E-state index contributed by atoms with van der Waals surface area (Å²) in [6, 6.07) is 4.74.